The lowest BCUT2D eigenvalue weighted by molar-refractivity contribution is 0.102. The van der Waals surface area contributed by atoms with E-state index in [1.807, 2.05) is 5.38 Å². The summed E-state index contributed by atoms with van der Waals surface area (Å²) in [5.74, 6) is -1.76. The lowest BCUT2D eigenvalue weighted by Crippen LogP contribution is -2.22. The number of hydrogen-bond acceptors (Lipinski definition) is 5. The van der Waals surface area contributed by atoms with Crippen LogP contribution in [-0.4, -0.2) is 34.0 Å². The number of anilines is 1. The summed E-state index contributed by atoms with van der Waals surface area (Å²) in [5.41, 5.74) is 1.02. The van der Waals surface area contributed by atoms with Crippen molar-refractivity contribution in [2.24, 2.45) is 0 Å². The number of amides is 1. The number of aromatic nitrogens is 1. The van der Waals surface area contributed by atoms with Crippen molar-refractivity contribution in [3.8, 4) is 5.75 Å². The summed E-state index contributed by atoms with van der Waals surface area (Å²) in [6.45, 7) is 6.76. The molecule has 0 fully saturated rings. The smallest absolute Gasteiger partial charge is 0.257 e. The summed E-state index contributed by atoms with van der Waals surface area (Å²) in [6, 6.07) is 3.51. The van der Waals surface area contributed by atoms with Crippen molar-refractivity contribution >= 4 is 22.4 Å². The third-order valence-corrected chi connectivity index (χ3v) is 4.07. The molecule has 1 aromatic heterocycles. The van der Waals surface area contributed by atoms with E-state index in [0.717, 1.165) is 37.5 Å². The molecule has 0 radical (unpaired) electrons. The van der Waals surface area contributed by atoms with Crippen molar-refractivity contribution in [2.45, 2.75) is 20.4 Å². The highest BCUT2D eigenvalue weighted by atomic mass is 32.1. The van der Waals surface area contributed by atoms with E-state index in [1.54, 1.807) is 0 Å². The Morgan fingerprint density at radius 3 is 2.77 bits per heavy atom. The fraction of sp³-hybridized carbons (Fsp3) is 0.333. The predicted molar refractivity (Wildman–Crippen MR) is 84.8 cm³/mol. The first-order valence-electron chi connectivity index (χ1n) is 7.00. The first-order chi connectivity index (χ1) is 10.5. The second-order valence-corrected chi connectivity index (χ2v) is 5.58. The molecule has 1 amide bonds. The lowest BCUT2D eigenvalue weighted by atomic mass is 10.2. The van der Waals surface area contributed by atoms with E-state index in [9.17, 15) is 9.18 Å². The van der Waals surface area contributed by atoms with Gasteiger partial charge in [0.05, 0.1) is 5.69 Å². The van der Waals surface area contributed by atoms with E-state index >= 15 is 0 Å². The van der Waals surface area contributed by atoms with Crippen LogP contribution in [0.4, 0.5) is 9.52 Å². The van der Waals surface area contributed by atoms with Gasteiger partial charge in [-0.2, -0.15) is 0 Å². The van der Waals surface area contributed by atoms with Crippen molar-refractivity contribution in [2.75, 3.05) is 18.4 Å². The van der Waals surface area contributed by atoms with E-state index in [1.165, 1.54) is 17.4 Å². The highest BCUT2D eigenvalue weighted by Crippen LogP contribution is 2.20. The molecule has 0 aliphatic carbocycles. The molecule has 118 valence electrons. The summed E-state index contributed by atoms with van der Waals surface area (Å²) >= 11 is 1.33. The normalized spacial score (nSPS) is 10.9. The van der Waals surface area contributed by atoms with Crippen LogP contribution in [0.2, 0.25) is 0 Å². The molecule has 0 unspecified atom stereocenters. The van der Waals surface area contributed by atoms with Crippen molar-refractivity contribution in [1.29, 1.82) is 0 Å². The van der Waals surface area contributed by atoms with Gasteiger partial charge in [-0.1, -0.05) is 13.8 Å². The molecule has 0 aliphatic heterocycles. The zero-order valence-electron chi connectivity index (χ0n) is 12.5. The van der Waals surface area contributed by atoms with Gasteiger partial charge in [-0.15, -0.1) is 11.3 Å². The zero-order chi connectivity index (χ0) is 16.1. The van der Waals surface area contributed by atoms with E-state index in [2.05, 4.69) is 29.0 Å². The first kappa shape index (κ1) is 16.4. The first-order valence-corrected chi connectivity index (χ1v) is 7.88. The number of hydrogen-bond donors (Lipinski definition) is 2. The Morgan fingerprint density at radius 2 is 2.14 bits per heavy atom. The molecule has 2 rings (SSSR count). The van der Waals surface area contributed by atoms with Gasteiger partial charge < -0.3 is 5.11 Å². The molecule has 0 spiro atoms. The van der Waals surface area contributed by atoms with E-state index in [4.69, 9.17) is 5.11 Å². The topological polar surface area (TPSA) is 65.5 Å². The van der Waals surface area contributed by atoms with E-state index in [0.29, 0.717) is 5.13 Å². The van der Waals surface area contributed by atoms with Gasteiger partial charge in [-0.25, -0.2) is 9.37 Å². The highest BCUT2D eigenvalue weighted by Gasteiger charge is 2.12. The lowest BCUT2D eigenvalue weighted by Gasteiger charge is -2.15. The van der Waals surface area contributed by atoms with Crippen LogP contribution in [0.5, 0.6) is 5.75 Å². The number of aromatic hydroxyl groups is 1. The predicted octanol–water partition coefficient (Wildman–Crippen LogP) is 3.08. The molecule has 22 heavy (non-hydrogen) atoms. The molecule has 2 aromatic rings. The Morgan fingerprint density at radius 1 is 1.41 bits per heavy atom. The van der Waals surface area contributed by atoms with Crippen LogP contribution in [0.25, 0.3) is 0 Å². The number of benzene rings is 1. The molecule has 0 aliphatic rings. The van der Waals surface area contributed by atoms with Crippen LogP contribution in [0.15, 0.2) is 23.6 Å². The molecular formula is C15H18FN3O2S. The molecule has 1 aromatic carbocycles. The quantitative estimate of drug-likeness (QED) is 0.857. The van der Waals surface area contributed by atoms with Gasteiger partial charge in [0.25, 0.3) is 5.91 Å². The third kappa shape index (κ3) is 4.02. The summed E-state index contributed by atoms with van der Waals surface area (Å²) < 4.78 is 13.3. The minimum absolute atomic E-state index is 0.135. The molecule has 0 bridgehead atoms. The van der Waals surface area contributed by atoms with Gasteiger partial charge in [0, 0.05) is 17.5 Å². The molecule has 0 saturated heterocycles. The van der Waals surface area contributed by atoms with Crippen molar-refractivity contribution in [1.82, 2.24) is 9.88 Å². The van der Waals surface area contributed by atoms with Gasteiger partial charge in [0.15, 0.2) is 16.7 Å². The fourth-order valence-electron chi connectivity index (χ4n) is 1.93. The second kappa shape index (κ2) is 7.33. The number of nitrogens with one attached hydrogen (secondary N) is 1. The second-order valence-electron chi connectivity index (χ2n) is 4.73. The van der Waals surface area contributed by atoms with Crippen LogP contribution in [0.3, 0.4) is 0 Å². The van der Waals surface area contributed by atoms with Gasteiger partial charge in [0.2, 0.25) is 0 Å². The Hall–Kier alpha value is -1.99. The van der Waals surface area contributed by atoms with Crippen LogP contribution in [0, 0.1) is 5.82 Å². The number of rotatable bonds is 6. The maximum absolute atomic E-state index is 13.3. The van der Waals surface area contributed by atoms with Crippen LogP contribution in [-0.2, 0) is 6.54 Å². The van der Waals surface area contributed by atoms with E-state index < -0.39 is 17.5 Å². The van der Waals surface area contributed by atoms with Gasteiger partial charge >= 0.3 is 0 Å². The minimum atomic E-state index is -0.825. The monoisotopic (exact) mass is 323 g/mol. The number of phenolic OH excluding ortho intramolecular Hbond substituents is 1. The number of halogens is 1. The van der Waals surface area contributed by atoms with Gasteiger partial charge in [-0.3, -0.25) is 15.0 Å². The number of phenols is 1. The maximum atomic E-state index is 13.3. The molecule has 7 heteroatoms. The summed E-state index contributed by atoms with van der Waals surface area (Å²) in [5, 5.41) is 14.1. The largest absolute Gasteiger partial charge is 0.505 e. The standard InChI is InChI=1S/C15H18FN3O2S/c1-3-19(4-2)8-11-9-22-15(17-11)18-14(21)10-5-6-13(20)12(16)7-10/h5-7,9,20H,3-4,8H2,1-2H3,(H,17,18,21). The van der Waals surface area contributed by atoms with Crippen molar-refractivity contribution in [3.63, 3.8) is 0 Å². The molecule has 0 saturated carbocycles. The number of nitrogens with zero attached hydrogens (tertiary/aromatic N) is 2. The fourth-order valence-corrected chi connectivity index (χ4v) is 2.63. The summed E-state index contributed by atoms with van der Waals surface area (Å²) in [7, 11) is 0. The molecule has 1 heterocycles. The van der Waals surface area contributed by atoms with Crippen molar-refractivity contribution < 1.29 is 14.3 Å². The maximum Gasteiger partial charge on any atom is 0.257 e. The Balaban J connectivity index is 2.03. The van der Waals surface area contributed by atoms with Crippen LogP contribution >= 0.6 is 11.3 Å². The van der Waals surface area contributed by atoms with Crippen molar-refractivity contribution in [3.05, 3.63) is 40.7 Å². The zero-order valence-corrected chi connectivity index (χ0v) is 13.3. The number of carbonyl (C=O) groups excluding carboxylic acids is 1. The SMILES string of the molecule is CCN(CC)Cc1csc(NC(=O)c2ccc(O)c(F)c2)n1. The Kier molecular flexibility index (Phi) is 5.46. The summed E-state index contributed by atoms with van der Waals surface area (Å²) in [4.78, 5) is 18.6. The average molecular weight is 323 g/mol. The van der Waals surface area contributed by atoms with Gasteiger partial charge in [-0.05, 0) is 31.3 Å². The minimum Gasteiger partial charge on any atom is -0.505 e. The molecule has 0 atom stereocenters. The van der Waals surface area contributed by atoms with Crippen LogP contribution in [0.1, 0.15) is 29.9 Å². The Labute approximate surface area is 132 Å². The van der Waals surface area contributed by atoms with Crippen LogP contribution < -0.4 is 5.32 Å². The third-order valence-electron chi connectivity index (χ3n) is 3.26. The highest BCUT2D eigenvalue weighted by molar-refractivity contribution is 7.13. The molecular weight excluding hydrogens is 305 g/mol. The van der Waals surface area contributed by atoms with Gasteiger partial charge in [0.1, 0.15) is 0 Å². The molecule has 5 nitrogen and oxygen atoms in total. The number of carbonyl (C=O) groups is 1. The Bertz CT molecular complexity index is 656. The van der Waals surface area contributed by atoms with E-state index in [-0.39, 0.29) is 5.56 Å². The molecule has 2 N–H and O–H groups in total. The number of thiazole rings is 1. The average Bonchev–Trinajstić information content (AvgIpc) is 2.94. The summed E-state index contributed by atoms with van der Waals surface area (Å²) in [6.07, 6.45) is 0.